The summed E-state index contributed by atoms with van der Waals surface area (Å²) in [6.07, 6.45) is 2.66. The van der Waals surface area contributed by atoms with E-state index in [9.17, 15) is 4.79 Å². The lowest BCUT2D eigenvalue weighted by Crippen LogP contribution is -2.15. The van der Waals surface area contributed by atoms with Crippen molar-refractivity contribution in [3.8, 4) is 0 Å². The summed E-state index contributed by atoms with van der Waals surface area (Å²) in [4.78, 5) is 13.5. The lowest BCUT2D eigenvalue weighted by molar-refractivity contribution is -0.113. The molecule has 1 N–H and O–H groups in total. The Kier molecular flexibility index (Phi) is 6.49. The van der Waals surface area contributed by atoms with Gasteiger partial charge < -0.3 is 9.88 Å². The Bertz CT molecular complexity index is 848. The minimum atomic E-state index is -0.0397. The molecule has 0 fully saturated rings. The maximum Gasteiger partial charge on any atom is 0.234 e. The summed E-state index contributed by atoms with van der Waals surface area (Å²) < 4.78 is 3.15. The number of aromatic nitrogens is 3. The fraction of sp³-hybridized carbons (Fsp3) is 0.235. The number of nitrogens with one attached hydrogen (secondary N) is 1. The van der Waals surface area contributed by atoms with Crippen LogP contribution in [-0.2, 0) is 17.8 Å². The van der Waals surface area contributed by atoms with E-state index < -0.39 is 0 Å². The van der Waals surface area contributed by atoms with E-state index >= 15 is 0 Å². The second-order valence-electron chi connectivity index (χ2n) is 5.43. The summed E-state index contributed by atoms with van der Waals surface area (Å²) in [6.45, 7) is 2.81. The summed E-state index contributed by atoms with van der Waals surface area (Å²) in [5.74, 6) is 0.269. The third-order valence-corrected chi connectivity index (χ3v) is 6.14. The number of thiophene rings is 1. The molecule has 2 heterocycles. The molecule has 3 rings (SSSR count). The van der Waals surface area contributed by atoms with Gasteiger partial charge >= 0.3 is 0 Å². The molecule has 2 aromatic heterocycles. The number of benzene rings is 1. The van der Waals surface area contributed by atoms with Crippen LogP contribution in [0.1, 0.15) is 10.4 Å². The van der Waals surface area contributed by atoms with Crippen molar-refractivity contribution in [3.63, 3.8) is 0 Å². The van der Waals surface area contributed by atoms with Gasteiger partial charge in [0.1, 0.15) is 6.33 Å². The van der Waals surface area contributed by atoms with Crippen LogP contribution in [-0.4, -0.2) is 26.4 Å². The Hall–Kier alpha value is -1.39. The summed E-state index contributed by atoms with van der Waals surface area (Å²) >= 11 is 5.41. The van der Waals surface area contributed by atoms with Gasteiger partial charge in [0.05, 0.1) is 5.75 Å². The molecule has 5 nitrogen and oxygen atoms in total. The molecule has 0 atom stereocenters. The third kappa shape index (κ3) is 5.29. The van der Waals surface area contributed by atoms with Crippen LogP contribution < -0.4 is 5.32 Å². The number of thioether (sulfide) groups is 1. The topological polar surface area (TPSA) is 59.8 Å². The van der Waals surface area contributed by atoms with E-state index in [4.69, 9.17) is 0 Å². The molecule has 0 unspecified atom stereocenters. The molecule has 8 heteroatoms. The molecule has 130 valence electrons. The zero-order chi connectivity index (χ0) is 17.6. The minimum absolute atomic E-state index is 0.0397. The Balaban J connectivity index is 1.53. The quantitative estimate of drug-likeness (QED) is 0.403. The molecule has 3 aromatic rings. The standard InChI is InChI=1S/C17H17IN4OS2/c1-12-9-13(18)4-5-15(12)20-16(23)10-25-17-21-19-11-22(17)7-6-14-3-2-8-24-14/h2-5,8-9,11H,6-7,10H2,1H3,(H,20,23). The van der Waals surface area contributed by atoms with E-state index in [-0.39, 0.29) is 5.91 Å². The van der Waals surface area contributed by atoms with Crippen LogP contribution in [0, 0.1) is 10.5 Å². The minimum Gasteiger partial charge on any atom is -0.325 e. The first-order valence-electron chi connectivity index (χ1n) is 7.71. The van der Waals surface area contributed by atoms with Gasteiger partial charge in [0.2, 0.25) is 5.91 Å². The number of nitrogens with zero attached hydrogens (tertiary/aromatic N) is 3. The largest absolute Gasteiger partial charge is 0.325 e. The second kappa shape index (κ2) is 8.81. The van der Waals surface area contributed by atoms with Crippen LogP contribution in [0.2, 0.25) is 0 Å². The average molecular weight is 484 g/mol. The maximum atomic E-state index is 12.2. The number of rotatable bonds is 7. The summed E-state index contributed by atoms with van der Waals surface area (Å²) in [5, 5.41) is 13.9. The number of aryl methyl sites for hydroxylation is 3. The van der Waals surface area contributed by atoms with Crippen LogP contribution in [0.25, 0.3) is 0 Å². The van der Waals surface area contributed by atoms with E-state index in [0.29, 0.717) is 5.75 Å². The van der Waals surface area contributed by atoms with Gasteiger partial charge in [-0.05, 0) is 71.1 Å². The van der Waals surface area contributed by atoms with E-state index in [0.717, 1.165) is 32.9 Å². The third-order valence-electron chi connectivity index (χ3n) is 3.55. The van der Waals surface area contributed by atoms with Crippen LogP contribution >= 0.6 is 45.7 Å². The molecule has 1 amide bonds. The summed E-state index contributed by atoms with van der Waals surface area (Å²) in [7, 11) is 0. The van der Waals surface area contributed by atoms with Gasteiger partial charge in [-0.15, -0.1) is 21.5 Å². The molecule has 0 saturated carbocycles. The molecule has 25 heavy (non-hydrogen) atoms. The molecule has 0 aliphatic carbocycles. The smallest absolute Gasteiger partial charge is 0.234 e. The number of amides is 1. The highest BCUT2D eigenvalue weighted by Crippen LogP contribution is 2.20. The van der Waals surface area contributed by atoms with Crippen molar-refractivity contribution in [1.82, 2.24) is 14.8 Å². The molecule has 1 aromatic carbocycles. The normalized spacial score (nSPS) is 10.8. The highest BCUT2D eigenvalue weighted by atomic mass is 127. The number of hydrogen-bond acceptors (Lipinski definition) is 5. The Morgan fingerprint density at radius 3 is 3.04 bits per heavy atom. The van der Waals surface area contributed by atoms with Gasteiger partial charge in [-0.1, -0.05) is 17.8 Å². The van der Waals surface area contributed by atoms with Gasteiger partial charge in [-0.3, -0.25) is 4.79 Å². The van der Waals surface area contributed by atoms with Crippen LogP contribution in [0.15, 0.2) is 47.2 Å². The van der Waals surface area contributed by atoms with Crippen molar-refractivity contribution in [3.05, 3.63) is 56.0 Å². The molecule has 0 bridgehead atoms. The number of anilines is 1. The SMILES string of the molecule is Cc1cc(I)ccc1NC(=O)CSc1nncn1CCc1cccs1. The molecular formula is C17H17IN4OS2. The zero-order valence-electron chi connectivity index (χ0n) is 13.6. The first-order valence-corrected chi connectivity index (χ1v) is 10.7. The summed E-state index contributed by atoms with van der Waals surface area (Å²) in [5.41, 5.74) is 1.91. The first-order chi connectivity index (χ1) is 12.1. The lowest BCUT2D eigenvalue weighted by atomic mass is 10.2. The van der Waals surface area contributed by atoms with E-state index in [2.05, 4.69) is 55.6 Å². The van der Waals surface area contributed by atoms with E-state index in [1.165, 1.54) is 16.6 Å². The molecule has 0 aliphatic heterocycles. The molecular weight excluding hydrogens is 467 g/mol. The average Bonchev–Trinajstić information content (AvgIpc) is 3.25. The Morgan fingerprint density at radius 2 is 2.28 bits per heavy atom. The van der Waals surface area contributed by atoms with E-state index in [1.807, 2.05) is 29.7 Å². The van der Waals surface area contributed by atoms with Gasteiger partial charge in [-0.2, -0.15) is 0 Å². The van der Waals surface area contributed by atoms with Crippen molar-refractivity contribution < 1.29 is 4.79 Å². The second-order valence-corrected chi connectivity index (χ2v) is 8.65. The highest BCUT2D eigenvalue weighted by Gasteiger charge is 2.10. The van der Waals surface area contributed by atoms with Crippen molar-refractivity contribution >= 4 is 57.3 Å². The predicted molar refractivity (Wildman–Crippen MR) is 111 cm³/mol. The van der Waals surface area contributed by atoms with Crippen molar-refractivity contribution in [1.29, 1.82) is 0 Å². The van der Waals surface area contributed by atoms with Gasteiger partial charge in [0, 0.05) is 20.7 Å². The van der Waals surface area contributed by atoms with Crippen LogP contribution in [0.5, 0.6) is 0 Å². The van der Waals surface area contributed by atoms with Gasteiger partial charge in [0.15, 0.2) is 5.16 Å². The monoisotopic (exact) mass is 484 g/mol. The fourth-order valence-corrected chi connectivity index (χ4v) is 4.37. The number of carbonyl (C=O) groups is 1. The van der Waals surface area contributed by atoms with E-state index in [1.54, 1.807) is 17.7 Å². The highest BCUT2D eigenvalue weighted by molar-refractivity contribution is 14.1. The zero-order valence-corrected chi connectivity index (χ0v) is 17.4. The Labute approximate surface area is 168 Å². The van der Waals surface area contributed by atoms with Crippen molar-refractivity contribution in [2.45, 2.75) is 25.0 Å². The Morgan fingerprint density at radius 1 is 1.40 bits per heavy atom. The molecule has 0 spiro atoms. The fourth-order valence-electron chi connectivity index (χ4n) is 2.28. The van der Waals surface area contributed by atoms with Crippen LogP contribution in [0.3, 0.4) is 0 Å². The molecule has 0 aliphatic rings. The molecule has 0 radical (unpaired) electrons. The number of halogens is 1. The van der Waals surface area contributed by atoms with Crippen molar-refractivity contribution in [2.75, 3.05) is 11.1 Å². The number of carbonyl (C=O) groups excluding carboxylic acids is 1. The predicted octanol–water partition coefficient (Wildman–Crippen LogP) is 4.23. The maximum absolute atomic E-state index is 12.2. The van der Waals surface area contributed by atoms with Gasteiger partial charge in [0.25, 0.3) is 0 Å². The first kappa shape index (κ1) is 18.4. The van der Waals surface area contributed by atoms with Crippen LogP contribution in [0.4, 0.5) is 5.69 Å². The number of hydrogen-bond donors (Lipinski definition) is 1. The molecule has 0 saturated heterocycles. The van der Waals surface area contributed by atoms with Crippen molar-refractivity contribution in [2.24, 2.45) is 0 Å². The lowest BCUT2D eigenvalue weighted by Gasteiger charge is -2.09. The van der Waals surface area contributed by atoms with Gasteiger partial charge in [-0.25, -0.2) is 0 Å². The summed E-state index contributed by atoms with van der Waals surface area (Å²) in [6, 6.07) is 10.1.